The van der Waals surface area contributed by atoms with E-state index in [1.807, 2.05) is 19.1 Å². The Morgan fingerprint density at radius 1 is 1.62 bits per heavy atom. The van der Waals surface area contributed by atoms with E-state index < -0.39 is 0 Å². The van der Waals surface area contributed by atoms with Gasteiger partial charge in [-0.15, -0.1) is 0 Å². The first kappa shape index (κ1) is 9.45. The number of hydrogen-bond acceptors (Lipinski definition) is 3. The van der Waals surface area contributed by atoms with E-state index in [2.05, 4.69) is 9.72 Å². The molecular weight excluding hydrogens is 166 g/mol. The van der Waals surface area contributed by atoms with Crippen LogP contribution in [0.1, 0.15) is 12.5 Å². The fourth-order valence-electron chi connectivity index (χ4n) is 0.915. The third-order valence-electron chi connectivity index (χ3n) is 1.65. The standard InChI is InChI=1S/C10H11NO2/c1-8(6-10(12)13-2)9-4-3-5-11-7-9/h3-7H,1-2H3/b8-6-. The molecule has 0 spiro atoms. The normalized spacial score (nSPS) is 11.1. The smallest absolute Gasteiger partial charge is 0.330 e. The molecule has 0 radical (unpaired) electrons. The molecule has 0 aliphatic carbocycles. The molecule has 1 rings (SSSR count). The summed E-state index contributed by atoms with van der Waals surface area (Å²) in [6, 6.07) is 3.71. The second kappa shape index (κ2) is 4.40. The fraction of sp³-hybridized carbons (Fsp3) is 0.200. The van der Waals surface area contributed by atoms with Crippen molar-refractivity contribution >= 4 is 11.5 Å². The highest BCUT2D eigenvalue weighted by atomic mass is 16.5. The second-order valence-corrected chi connectivity index (χ2v) is 2.59. The molecule has 1 heterocycles. The van der Waals surface area contributed by atoms with Gasteiger partial charge in [-0.1, -0.05) is 6.07 Å². The number of carbonyl (C=O) groups excluding carboxylic acids is 1. The monoisotopic (exact) mass is 177 g/mol. The van der Waals surface area contributed by atoms with Crippen molar-refractivity contribution in [3.63, 3.8) is 0 Å². The lowest BCUT2D eigenvalue weighted by Crippen LogP contribution is -1.95. The molecule has 0 aliphatic rings. The van der Waals surface area contributed by atoms with Crippen molar-refractivity contribution in [1.82, 2.24) is 4.98 Å². The minimum Gasteiger partial charge on any atom is -0.466 e. The number of ether oxygens (including phenoxy) is 1. The molecule has 0 N–H and O–H groups in total. The first-order chi connectivity index (χ1) is 6.24. The lowest BCUT2D eigenvalue weighted by Gasteiger charge is -1.98. The van der Waals surface area contributed by atoms with Gasteiger partial charge in [0.05, 0.1) is 7.11 Å². The molecule has 13 heavy (non-hydrogen) atoms. The van der Waals surface area contributed by atoms with Crippen molar-refractivity contribution in [2.45, 2.75) is 6.92 Å². The summed E-state index contributed by atoms with van der Waals surface area (Å²) in [6.07, 6.45) is 4.83. The Kier molecular flexibility index (Phi) is 3.20. The van der Waals surface area contributed by atoms with E-state index in [0.717, 1.165) is 11.1 Å². The van der Waals surface area contributed by atoms with Crippen LogP contribution in [0, 0.1) is 0 Å². The number of hydrogen-bond donors (Lipinski definition) is 0. The largest absolute Gasteiger partial charge is 0.466 e. The summed E-state index contributed by atoms with van der Waals surface area (Å²) in [5, 5.41) is 0. The maximum atomic E-state index is 10.9. The molecule has 0 aliphatic heterocycles. The molecule has 0 fully saturated rings. The molecule has 3 nitrogen and oxygen atoms in total. The Labute approximate surface area is 77.1 Å². The lowest BCUT2D eigenvalue weighted by atomic mass is 10.1. The van der Waals surface area contributed by atoms with E-state index in [1.54, 1.807) is 12.4 Å². The van der Waals surface area contributed by atoms with Crippen molar-refractivity contribution in [3.8, 4) is 0 Å². The van der Waals surface area contributed by atoms with Crippen molar-refractivity contribution < 1.29 is 9.53 Å². The van der Waals surface area contributed by atoms with Crippen LogP contribution in [0.2, 0.25) is 0 Å². The maximum Gasteiger partial charge on any atom is 0.330 e. The summed E-state index contributed by atoms with van der Waals surface area (Å²) in [5.41, 5.74) is 1.77. The minimum atomic E-state index is -0.346. The van der Waals surface area contributed by atoms with Gasteiger partial charge in [0, 0.05) is 18.5 Å². The van der Waals surface area contributed by atoms with E-state index in [-0.39, 0.29) is 5.97 Å². The first-order valence-corrected chi connectivity index (χ1v) is 3.90. The van der Waals surface area contributed by atoms with Gasteiger partial charge >= 0.3 is 5.97 Å². The molecule has 3 heteroatoms. The maximum absolute atomic E-state index is 10.9. The van der Waals surface area contributed by atoms with Gasteiger partial charge in [-0.25, -0.2) is 4.79 Å². The van der Waals surface area contributed by atoms with E-state index in [0.29, 0.717) is 0 Å². The fourth-order valence-corrected chi connectivity index (χ4v) is 0.915. The first-order valence-electron chi connectivity index (χ1n) is 3.90. The summed E-state index contributed by atoms with van der Waals surface area (Å²) >= 11 is 0. The highest BCUT2D eigenvalue weighted by Crippen LogP contribution is 2.10. The Balaban J connectivity index is 2.85. The van der Waals surface area contributed by atoms with Crippen LogP contribution in [-0.4, -0.2) is 18.1 Å². The van der Waals surface area contributed by atoms with Gasteiger partial charge in [0.25, 0.3) is 0 Å². The number of aromatic nitrogens is 1. The third kappa shape index (κ3) is 2.71. The Morgan fingerprint density at radius 2 is 2.38 bits per heavy atom. The average Bonchev–Trinajstić information content (AvgIpc) is 2.19. The zero-order chi connectivity index (χ0) is 9.68. The molecule has 0 unspecified atom stereocenters. The van der Waals surface area contributed by atoms with E-state index >= 15 is 0 Å². The van der Waals surface area contributed by atoms with Gasteiger partial charge in [-0.2, -0.15) is 0 Å². The summed E-state index contributed by atoms with van der Waals surface area (Å²) in [7, 11) is 1.36. The van der Waals surface area contributed by atoms with Crippen molar-refractivity contribution in [1.29, 1.82) is 0 Å². The van der Waals surface area contributed by atoms with Gasteiger partial charge in [-0.05, 0) is 24.1 Å². The SMILES string of the molecule is COC(=O)/C=C(/C)c1cccnc1. The molecule has 0 bridgehead atoms. The predicted molar refractivity (Wildman–Crippen MR) is 49.9 cm³/mol. The van der Waals surface area contributed by atoms with Crippen molar-refractivity contribution in [3.05, 3.63) is 36.2 Å². The molecule has 1 aromatic rings. The van der Waals surface area contributed by atoms with Crippen LogP contribution in [0.15, 0.2) is 30.6 Å². The highest BCUT2D eigenvalue weighted by Gasteiger charge is 1.98. The average molecular weight is 177 g/mol. The van der Waals surface area contributed by atoms with Crippen molar-refractivity contribution in [2.24, 2.45) is 0 Å². The molecule has 0 saturated heterocycles. The predicted octanol–water partition coefficient (Wildman–Crippen LogP) is 1.66. The molecular formula is C10H11NO2. The Hall–Kier alpha value is -1.64. The Morgan fingerprint density at radius 3 is 2.92 bits per heavy atom. The van der Waals surface area contributed by atoms with Crippen LogP contribution in [0.4, 0.5) is 0 Å². The zero-order valence-corrected chi connectivity index (χ0v) is 7.65. The second-order valence-electron chi connectivity index (χ2n) is 2.59. The van der Waals surface area contributed by atoms with Crippen molar-refractivity contribution in [2.75, 3.05) is 7.11 Å². The van der Waals surface area contributed by atoms with Crippen LogP contribution >= 0.6 is 0 Å². The quantitative estimate of drug-likeness (QED) is 0.509. The molecule has 1 aromatic heterocycles. The van der Waals surface area contributed by atoms with Gasteiger partial charge < -0.3 is 4.74 Å². The number of esters is 1. The van der Waals surface area contributed by atoms with E-state index in [4.69, 9.17) is 0 Å². The minimum absolute atomic E-state index is 0.346. The topological polar surface area (TPSA) is 39.2 Å². The van der Waals surface area contributed by atoms with Crippen LogP contribution < -0.4 is 0 Å². The molecule has 68 valence electrons. The van der Waals surface area contributed by atoms with Crippen LogP contribution in [-0.2, 0) is 9.53 Å². The van der Waals surface area contributed by atoms with Crippen LogP contribution in [0.3, 0.4) is 0 Å². The highest BCUT2D eigenvalue weighted by molar-refractivity contribution is 5.90. The molecule has 0 atom stereocenters. The van der Waals surface area contributed by atoms with E-state index in [1.165, 1.54) is 13.2 Å². The molecule has 0 amide bonds. The number of methoxy groups -OCH3 is 1. The zero-order valence-electron chi connectivity index (χ0n) is 7.65. The van der Waals surface area contributed by atoms with Gasteiger partial charge in [0.1, 0.15) is 0 Å². The lowest BCUT2D eigenvalue weighted by molar-refractivity contribution is -0.134. The van der Waals surface area contributed by atoms with Crippen LogP contribution in [0.5, 0.6) is 0 Å². The van der Waals surface area contributed by atoms with Gasteiger partial charge in [0.15, 0.2) is 0 Å². The number of allylic oxidation sites excluding steroid dienone is 1. The number of rotatable bonds is 2. The third-order valence-corrected chi connectivity index (χ3v) is 1.65. The summed E-state index contributed by atoms with van der Waals surface area (Å²) < 4.78 is 4.51. The summed E-state index contributed by atoms with van der Waals surface area (Å²) in [4.78, 5) is 14.8. The number of pyridine rings is 1. The summed E-state index contributed by atoms with van der Waals surface area (Å²) in [6.45, 7) is 1.84. The Bertz CT molecular complexity index is 317. The molecule has 0 aromatic carbocycles. The summed E-state index contributed by atoms with van der Waals surface area (Å²) in [5.74, 6) is -0.346. The molecule has 0 saturated carbocycles. The van der Waals surface area contributed by atoms with Gasteiger partial charge in [0.2, 0.25) is 0 Å². The number of nitrogens with zero attached hydrogens (tertiary/aromatic N) is 1. The van der Waals surface area contributed by atoms with E-state index in [9.17, 15) is 4.79 Å². The van der Waals surface area contributed by atoms with Gasteiger partial charge in [-0.3, -0.25) is 4.98 Å². The van der Waals surface area contributed by atoms with Crippen LogP contribution in [0.25, 0.3) is 5.57 Å². The number of carbonyl (C=O) groups is 1.